The van der Waals surface area contributed by atoms with E-state index < -0.39 is 12.1 Å². The van der Waals surface area contributed by atoms with Crippen LogP contribution in [0.15, 0.2) is 0 Å². The first-order chi connectivity index (χ1) is 12.7. The van der Waals surface area contributed by atoms with Gasteiger partial charge in [0.1, 0.15) is 5.78 Å². The summed E-state index contributed by atoms with van der Waals surface area (Å²) in [5.74, 6) is -0.199. The molecule has 0 unspecified atom stereocenters. The number of unbranched alkanes of at least 4 members (excludes halogenated alkanes) is 1. The van der Waals surface area contributed by atoms with Crippen LogP contribution in [-0.4, -0.2) is 40.8 Å². The molecule has 2 saturated carbocycles. The Labute approximate surface area is 163 Å². The van der Waals surface area contributed by atoms with Gasteiger partial charge in [-0.15, -0.1) is 0 Å². The number of carbonyl (C=O) groups is 2. The van der Waals surface area contributed by atoms with Crippen molar-refractivity contribution in [2.24, 2.45) is 23.2 Å². The van der Waals surface area contributed by atoms with Crippen molar-refractivity contribution in [2.75, 3.05) is 6.61 Å². The fourth-order valence-electron chi connectivity index (χ4n) is 5.03. The molecule has 0 aromatic rings. The minimum absolute atomic E-state index is 0.109. The molecule has 0 amide bonds. The lowest BCUT2D eigenvalue weighted by atomic mass is 9.79. The number of aliphatic hydroxyl groups excluding tert-OH is 1. The summed E-state index contributed by atoms with van der Waals surface area (Å²) in [4.78, 5) is 23.5. The Kier molecular flexibility index (Phi) is 8.29. The van der Waals surface area contributed by atoms with Gasteiger partial charge in [0.05, 0.1) is 12.2 Å². The minimum Gasteiger partial charge on any atom is -0.481 e. The summed E-state index contributed by atoms with van der Waals surface area (Å²) in [5, 5.41) is 19.2. The number of Topliss-reactive ketones (excluding diaryl/α,β-unsaturated/α-hetero) is 1. The van der Waals surface area contributed by atoms with E-state index in [-0.39, 0.29) is 35.6 Å². The molecule has 5 atom stereocenters. The molecule has 27 heavy (non-hydrogen) atoms. The molecule has 2 aliphatic rings. The zero-order valence-corrected chi connectivity index (χ0v) is 17.3. The first-order valence-electron chi connectivity index (χ1n) is 10.8. The number of ether oxygens (including phenoxy) is 1. The highest BCUT2D eigenvalue weighted by atomic mass is 16.5. The third-order valence-corrected chi connectivity index (χ3v) is 6.64. The fraction of sp³-hybridized carbons (Fsp3) is 0.909. The highest BCUT2D eigenvalue weighted by Gasteiger charge is 2.50. The highest BCUT2D eigenvalue weighted by molar-refractivity contribution is 5.82. The van der Waals surface area contributed by atoms with Crippen LogP contribution in [0, 0.1) is 23.2 Å². The van der Waals surface area contributed by atoms with Crippen LogP contribution < -0.4 is 0 Å². The predicted octanol–water partition coefficient (Wildman–Crippen LogP) is 4.21. The summed E-state index contributed by atoms with van der Waals surface area (Å²) >= 11 is 0. The van der Waals surface area contributed by atoms with Gasteiger partial charge in [-0.3, -0.25) is 9.59 Å². The van der Waals surface area contributed by atoms with E-state index in [1.165, 1.54) is 12.8 Å². The van der Waals surface area contributed by atoms with Gasteiger partial charge in [-0.05, 0) is 55.8 Å². The molecule has 2 rings (SSSR count). The Morgan fingerprint density at radius 3 is 2.48 bits per heavy atom. The second-order valence-corrected chi connectivity index (χ2v) is 9.45. The maximum Gasteiger partial charge on any atom is 0.303 e. The van der Waals surface area contributed by atoms with E-state index in [0.29, 0.717) is 31.8 Å². The van der Waals surface area contributed by atoms with Crippen LogP contribution in [-0.2, 0) is 14.3 Å². The second kappa shape index (κ2) is 10.0. The van der Waals surface area contributed by atoms with Crippen molar-refractivity contribution >= 4 is 11.8 Å². The van der Waals surface area contributed by atoms with E-state index in [2.05, 4.69) is 20.8 Å². The molecule has 0 radical (unpaired) electrons. The van der Waals surface area contributed by atoms with Crippen molar-refractivity contribution in [3.8, 4) is 0 Å². The predicted molar refractivity (Wildman–Crippen MR) is 104 cm³/mol. The maximum absolute atomic E-state index is 12.9. The van der Waals surface area contributed by atoms with Gasteiger partial charge in [0.25, 0.3) is 0 Å². The lowest BCUT2D eigenvalue weighted by molar-refractivity contribution is -0.137. The Hall–Kier alpha value is -0.940. The van der Waals surface area contributed by atoms with Gasteiger partial charge in [0.2, 0.25) is 0 Å². The average Bonchev–Trinajstić information content (AvgIpc) is 3.10. The molecular formula is C22H38O5. The molecule has 2 aliphatic carbocycles. The van der Waals surface area contributed by atoms with E-state index in [0.717, 1.165) is 25.7 Å². The highest BCUT2D eigenvalue weighted by Crippen LogP contribution is 2.49. The van der Waals surface area contributed by atoms with E-state index in [1.807, 2.05) is 0 Å². The van der Waals surface area contributed by atoms with Crippen molar-refractivity contribution in [3.63, 3.8) is 0 Å². The van der Waals surface area contributed by atoms with Crippen LogP contribution in [0.5, 0.6) is 0 Å². The minimum atomic E-state index is -0.794. The van der Waals surface area contributed by atoms with Crippen molar-refractivity contribution in [1.82, 2.24) is 0 Å². The van der Waals surface area contributed by atoms with Gasteiger partial charge in [-0.2, -0.15) is 0 Å². The first kappa shape index (κ1) is 22.4. The zero-order chi connectivity index (χ0) is 20.0. The topological polar surface area (TPSA) is 83.8 Å². The van der Waals surface area contributed by atoms with E-state index in [9.17, 15) is 14.7 Å². The number of aliphatic hydroxyl groups is 1. The molecule has 2 N–H and O–H groups in total. The number of ketones is 1. The zero-order valence-electron chi connectivity index (χ0n) is 17.3. The van der Waals surface area contributed by atoms with E-state index in [4.69, 9.17) is 9.84 Å². The van der Waals surface area contributed by atoms with E-state index in [1.54, 1.807) is 0 Å². The Morgan fingerprint density at radius 2 is 1.81 bits per heavy atom. The Balaban J connectivity index is 1.81. The summed E-state index contributed by atoms with van der Waals surface area (Å²) in [6.45, 7) is 7.13. The number of carboxylic acids is 1. The molecule has 5 heteroatoms. The van der Waals surface area contributed by atoms with Crippen LogP contribution in [0.2, 0.25) is 0 Å². The van der Waals surface area contributed by atoms with Gasteiger partial charge >= 0.3 is 5.97 Å². The SMILES string of the molecule is CCCCC(C)(C)CCC(=O)[C@H]1[C@@H]2C[C@H](OCCCC(=O)O)C[C@@H]2C[C@@H]1O. The molecule has 0 bridgehead atoms. The summed E-state index contributed by atoms with van der Waals surface area (Å²) in [6.07, 6.45) is 7.65. The van der Waals surface area contributed by atoms with Crippen molar-refractivity contribution < 1.29 is 24.5 Å². The van der Waals surface area contributed by atoms with Crippen molar-refractivity contribution in [2.45, 2.75) is 97.2 Å². The molecule has 5 nitrogen and oxygen atoms in total. The van der Waals surface area contributed by atoms with Gasteiger partial charge in [-0.25, -0.2) is 0 Å². The molecule has 0 spiro atoms. The second-order valence-electron chi connectivity index (χ2n) is 9.45. The molecule has 2 fully saturated rings. The number of carboxylic acid groups (broad SMARTS) is 1. The Morgan fingerprint density at radius 1 is 1.07 bits per heavy atom. The van der Waals surface area contributed by atoms with Crippen molar-refractivity contribution in [1.29, 1.82) is 0 Å². The fourth-order valence-corrected chi connectivity index (χ4v) is 5.03. The van der Waals surface area contributed by atoms with Crippen LogP contribution in [0.3, 0.4) is 0 Å². The lowest BCUT2D eigenvalue weighted by Gasteiger charge is -2.26. The number of rotatable bonds is 12. The van der Waals surface area contributed by atoms with Gasteiger partial charge in [0, 0.05) is 25.4 Å². The van der Waals surface area contributed by atoms with Crippen LogP contribution in [0.1, 0.15) is 85.0 Å². The average molecular weight is 383 g/mol. The normalized spacial score (nSPS) is 30.4. The Bertz CT molecular complexity index is 501. The van der Waals surface area contributed by atoms with Gasteiger partial charge < -0.3 is 14.9 Å². The summed E-state index contributed by atoms with van der Waals surface area (Å²) < 4.78 is 5.86. The number of fused-ring (bicyclic) bond motifs is 1. The molecule has 156 valence electrons. The van der Waals surface area contributed by atoms with Gasteiger partial charge in [-0.1, -0.05) is 33.6 Å². The number of hydrogen-bond donors (Lipinski definition) is 2. The van der Waals surface area contributed by atoms with Crippen LogP contribution in [0.25, 0.3) is 0 Å². The smallest absolute Gasteiger partial charge is 0.303 e. The third kappa shape index (κ3) is 6.56. The number of carbonyl (C=O) groups excluding carboxylic acids is 1. The summed E-state index contributed by atoms with van der Waals surface area (Å²) in [6, 6.07) is 0. The molecule has 0 aromatic heterocycles. The molecular weight excluding hydrogens is 344 g/mol. The molecule has 0 aliphatic heterocycles. The summed E-state index contributed by atoms with van der Waals surface area (Å²) in [5.41, 5.74) is 0.181. The van der Waals surface area contributed by atoms with Gasteiger partial charge in [0.15, 0.2) is 0 Å². The van der Waals surface area contributed by atoms with E-state index >= 15 is 0 Å². The molecule has 0 aromatic carbocycles. The third-order valence-electron chi connectivity index (χ3n) is 6.64. The molecule has 0 heterocycles. The lowest BCUT2D eigenvalue weighted by Crippen LogP contribution is -2.30. The number of aliphatic carboxylic acids is 1. The first-order valence-corrected chi connectivity index (χ1v) is 10.8. The monoisotopic (exact) mass is 382 g/mol. The maximum atomic E-state index is 12.9. The van der Waals surface area contributed by atoms with Crippen LogP contribution >= 0.6 is 0 Å². The molecule has 0 saturated heterocycles. The standard InChI is InChI=1S/C22H38O5/c1-4-5-9-22(2,3)10-8-18(23)21-17-14-16(12-15(17)13-19(21)24)27-11-6-7-20(25)26/h15-17,19,21,24H,4-14H2,1-3H3,(H,25,26)/t15-,16-,17-,19+,21-/m1/s1. The number of hydrogen-bond acceptors (Lipinski definition) is 4. The largest absolute Gasteiger partial charge is 0.481 e. The quantitative estimate of drug-likeness (QED) is 0.494. The van der Waals surface area contributed by atoms with Crippen LogP contribution in [0.4, 0.5) is 0 Å². The summed E-state index contributed by atoms with van der Waals surface area (Å²) in [7, 11) is 0. The van der Waals surface area contributed by atoms with Crippen molar-refractivity contribution in [3.05, 3.63) is 0 Å².